The summed E-state index contributed by atoms with van der Waals surface area (Å²) < 4.78 is 0. The largest absolute Gasteiger partial charge is 0.361 e. The van der Waals surface area contributed by atoms with E-state index in [-0.39, 0.29) is 11.8 Å². The van der Waals surface area contributed by atoms with Crippen molar-refractivity contribution in [3.8, 4) is 0 Å². The fourth-order valence-electron chi connectivity index (χ4n) is 4.06. The number of aromatic nitrogens is 2. The van der Waals surface area contributed by atoms with Crippen molar-refractivity contribution < 1.29 is 9.59 Å². The number of hydrogen-bond donors (Lipinski definition) is 5. The lowest BCUT2D eigenvalue weighted by atomic mass is 10.1. The van der Waals surface area contributed by atoms with Gasteiger partial charge in [-0.3, -0.25) is 9.59 Å². The molecule has 2 heterocycles. The smallest absolute Gasteiger partial charge is 0.220 e. The SMILES string of the molecule is O=C(CCc1c[nH]c2ccccc12)NCCNCCNC(=O)CCc1c[nH]c2ccccc12. The Bertz CT molecular complexity index is 1120. The number of para-hydroxylation sites is 2. The van der Waals surface area contributed by atoms with Gasteiger partial charge in [-0.15, -0.1) is 0 Å². The Balaban J connectivity index is 1.03. The molecule has 0 aliphatic carbocycles. The maximum atomic E-state index is 12.1. The van der Waals surface area contributed by atoms with Crippen LogP contribution in [0.25, 0.3) is 21.8 Å². The monoisotopic (exact) mass is 445 g/mol. The first kappa shape index (κ1) is 22.6. The number of nitrogens with one attached hydrogen (secondary N) is 5. The van der Waals surface area contributed by atoms with Crippen molar-refractivity contribution in [3.05, 3.63) is 72.1 Å². The second-order valence-corrected chi connectivity index (χ2v) is 8.17. The first-order chi connectivity index (χ1) is 16.2. The Morgan fingerprint density at radius 1 is 0.636 bits per heavy atom. The summed E-state index contributed by atoms with van der Waals surface area (Å²) in [5, 5.41) is 11.5. The third-order valence-corrected chi connectivity index (χ3v) is 5.84. The molecule has 5 N–H and O–H groups in total. The predicted molar refractivity (Wildman–Crippen MR) is 132 cm³/mol. The minimum Gasteiger partial charge on any atom is -0.361 e. The molecular weight excluding hydrogens is 414 g/mol. The Labute approximate surface area is 193 Å². The molecular formula is C26H31N5O2. The molecule has 33 heavy (non-hydrogen) atoms. The van der Waals surface area contributed by atoms with Crippen LogP contribution in [0, 0.1) is 0 Å². The van der Waals surface area contributed by atoms with Gasteiger partial charge in [-0.25, -0.2) is 0 Å². The van der Waals surface area contributed by atoms with Crippen molar-refractivity contribution in [1.82, 2.24) is 25.9 Å². The van der Waals surface area contributed by atoms with Gasteiger partial charge in [-0.1, -0.05) is 36.4 Å². The highest BCUT2D eigenvalue weighted by Crippen LogP contribution is 2.19. The number of aryl methyl sites for hydroxylation is 2. The molecule has 0 aliphatic rings. The number of benzene rings is 2. The molecule has 4 aromatic rings. The fourth-order valence-corrected chi connectivity index (χ4v) is 4.06. The molecule has 2 aromatic carbocycles. The lowest BCUT2D eigenvalue weighted by Crippen LogP contribution is -2.36. The summed E-state index contributed by atoms with van der Waals surface area (Å²) >= 11 is 0. The molecule has 2 amide bonds. The molecule has 7 heteroatoms. The predicted octanol–water partition coefficient (Wildman–Crippen LogP) is 3.04. The van der Waals surface area contributed by atoms with E-state index in [2.05, 4.69) is 38.1 Å². The van der Waals surface area contributed by atoms with Gasteiger partial charge in [0.1, 0.15) is 0 Å². The van der Waals surface area contributed by atoms with Crippen LogP contribution >= 0.6 is 0 Å². The minimum atomic E-state index is 0.0488. The van der Waals surface area contributed by atoms with Crippen LogP contribution in [-0.4, -0.2) is 48.0 Å². The van der Waals surface area contributed by atoms with Crippen LogP contribution in [0.4, 0.5) is 0 Å². The lowest BCUT2D eigenvalue weighted by molar-refractivity contribution is -0.121. The summed E-state index contributed by atoms with van der Waals surface area (Å²) in [6.45, 7) is 2.48. The van der Waals surface area contributed by atoms with Gasteiger partial charge in [0.25, 0.3) is 0 Å². The van der Waals surface area contributed by atoms with Crippen molar-refractivity contribution in [2.75, 3.05) is 26.2 Å². The number of carbonyl (C=O) groups is 2. The highest BCUT2D eigenvalue weighted by molar-refractivity contribution is 5.85. The maximum absolute atomic E-state index is 12.1. The molecule has 0 bridgehead atoms. The van der Waals surface area contributed by atoms with E-state index in [0.717, 1.165) is 11.0 Å². The average Bonchev–Trinajstić information content (AvgIpc) is 3.45. The average molecular weight is 446 g/mol. The third kappa shape index (κ3) is 6.23. The van der Waals surface area contributed by atoms with Crippen molar-refractivity contribution in [1.29, 1.82) is 0 Å². The summed E-state index contributed by atoms with van der Waals surface area (Å²) in [7, 11) is 0. The summed E-state index contributed by atoms with van der Waals surface area (Å²) in [5.41, 5.74) is 4.53. The van der Waals surface area contributed by atoms with E-state index in [4.69, 9.17) is 0 Å². The normalized spacial score (nSPS) is 11.2. The zero-order valence-corrected chi connectivity index (χ0v) is 18.7. The molecule has 0 saturated carbocycles. The summed E-state index contributed by atoms with van der Waals surface area (Å²) in [4.78, 5) is 30.7. The Hall–Kier alpha value is -3.58. The Morgan fingerprint density at radius 3 is 1.58 bits per heavy atom. The molecule has 7 nitrogen and oxygen atoms in total. The summed E-state index contributed by atoms with van der Waals surface area (Å²) in [6.07, 6.45) is 6.33. The maximum Gasteiger partial charge on any atom is 0.220 e. The zero-order valence-electron chi connectivity index (χ0n) is 18.7. The minimum absolute atomic E-state index is 0.0488. The van der Waals surface area contributed by atoms with E-state index in [9.17, 15) is 9.59 Å². The van der Waals surface area contributed by atoms with Crippen molar-refractivity contribution in [3.63, 3.8) is 0 Å². The number of hydrogen-bond acceptors (Lipinski definition) is 3. The summed E-state index contributed by atoms with van der Waals surface area (Å²) in [6, 6.07) is 16.2. The highest BCUT2D eigenvalue weighted by atomic mass is 16.2. The number of H-pyrrole nitrogens is 2. The van der Waals surface area contributed by atoms with E-state index in [1.54, 1.807) is 0 Å². The van der Waals surface area contributed by atoms with E-state index in [1.807, 2.05) is 48.8 Å². The van der Waals surface area contributed by atoms with Crippen LogP contribution in [0.3, 0.4) is 0 Å². The third-order valence-electron chi connectivity index (χ3n) is 5.84. The topological polar surface area (TPSA) is 102 Å². The van der Waals surface area contributed by atoms with Crippen LogP contribution in [-0.2, 0) is 22.4 Å². The van der Waals surface area contributed by atoms with Crippen molar-refractivity contribution in [2.24, 2.45) is 0 Å². The molecule has 0 saturated heterocycles. The van der Waals surface area contributed by atoms with Gasteiger partial charge in [0.05, 0.1) is 0 Å². The van der Waals surface area contributed by atoms with Gasteiger partial charge in [0.15, 0.2) is 0 Å². The van der Waals surface area contributed by atoms with E-state index in [1.165, 1.54) is 21.9 Å². The van der Waals surface area contributed by atoms with Gasteiger partial charge in [0.2, 0.25) is 11.8 Å². The molecule has 0 aliphatic heterocycles. The first-order valence-corrected chi connectivity index (χ1v) is 11.5. The number of fused-ring (bicyclic) bond motifs is 2. The van der Waals surface area contributed by atoms with E-state index >= 15 is 0 Å². The van der Waals surface area contributed by atoms with E-state index < -0.39 is 0 Å². The Kier molecular flexibility index (Phi) is 7.76. The van der Waals surface area contributed by atoms with Crippen LogP contribution in [0.2, 0.25) is 0 Å². The van der Waals surface area contributed by atoms with Gasteiger partial charge in [-0.2, -0.15) is 0 Å². The second kappa shape index (κ2) is 11.3. The van der Waals surface area contributed by atoms with Crippen molar-refractivity contribution in [2.45, 2.75) is 25.7 Å². The fraction of sp³-hybridized carbons (Fsp3) is 0.308. The van der Waals surface area contributed by atoms with Crippen LogP contribution < -0.4 is 16.0 Å². The molecule has 0 atom stereocenters. The van der Waals surface area contributed by atoms with E-state index in [0.29, 0.717) is 51.9 Å². The highest BCUT2D eigenvalue weighted by Gasteiger charge is 2.07. The van der Waals surface area contributed by atoms with Gasteiger partial charge in [0, 0.05) is 73.2 Å². The molecule has 0 fully saturated rings. The number of carbonyl (C=O) groups excluding carboxylic acids is 2. The van der Waals surface area contributed by atoms with Crippen LogP contribution in [0.5, 0.6) is 0 Å². The molecule has 2 aromatic heterocycles. The molecule has 0 spiro atoms. The molecule has 4 rings (SSSR count). The first-order valence-electron chi connectivity index (χ1n) is 11.5. The standard InChI is InChI=1S/C26H31N5O2/c32-25(11-9-19-17-30-23-7-3-1-5-21(19)23)28-15-13-27-14-16-29-26(33)12-10-20-18-31-24-8-4-2-6-22(20)24/h1-8,17-18,27,30-31H,9-16H2,(H,28,32)(H,29,33). The van der Waals surface area contributed by atoms with Gasteiger partial charge < -0.3 is 25.9 Å². The molecule has 172 valence electrons. The van der Waals surface area contributed by atoms with Crippen LogP contribution in [0.15, 0.2) is 60.9 Å². The van der Waals surface area contributed by atoms with Gasteiger partial charge in [-0.05, 0) is 36.1 Å². The van der Waals surface area contributed by atoms with Gasteiger partial charge >= 0.3 is 0 Å². The molecule has 0 unspecified atom stereocenters. The number of rotatable bonds is 12. The lowest BCUT2D eigenvalue weighted by Gasteiger charge is -2.08. The number of amides is 2. The second-order valence-electron chi connectivity index (χ2n) is 8.17. The molecule has 0 radical (unpaired) electrons. The Morgan fingerprint density at radius 2 is 1.09 bits per heavy atom. The summed E-state index contributed by atoms with van der Waals surface area (Å²) in [5.74, 6) is 0.0975. The quantitative estimate of drug-likeness (QED) is 0.217. The number of aromatic amines is 2. The van der Waals surface area contributed by atoms with Crippen LogP contribution in [0.1, 0.15) is 24.0 Å². The van der Waals surface area contributed by atoms with Crippen molar-refractivity contribution >= 4 is 33.6 Å². The zero-order chi connectivity index (χ0) is 22.9.